The van der Waals surface area contributed by atoms with E-state index < -0.39 is 0 Å². The number of aryl methyl sites for hydroxylation is 1. The van der Waals surface area contributed by atoms with Crippen molar-refractivity contribution in [2.24, 2.45) is 0 Å². The molecule has 2 saturated heterocycles. The van der Waals surface area contributed by atoms with Gasteiger partial charge in [-0.25, -0.2) is 19.4 Å². The zero-order valence-corrected chi connectivity index (χ0v) is 18.1. The van der Waals surface area contributed by atoms with E-state index in [9.17, 15) is 4.79 Å². The Kier molecular flexibility index (Phi) is 4.71. The van der Waals surface area contributed by atoms with Gasteiger partial charge in [0.05, 0.1) is 36.9 Å². The topological polar surface area (TPSA) is 97.2 Å². The number of amides is 2. The van der Waals surface area contributed by atoms with Crippen LogP contribution in [0.1, 0.15) is 32.6 Å². The van der Waals surface area contributed by atoms with Gasteiger partial charge in [0.25, 0.3) is 0 Å². The van der Waals surface area contributed by atoms with E-state index in [0.29, 0.717) is 23.9 Å². The quantitative estimate of drug-likeness (QED) is 0.642. The Labute approximate surface area is 186 Å². The van der Waals surface area contributed by atoms with Gasteiger partial charge >= 0.3 is 6.03 Å². The zero-order chi connectivity index (χ0) is 21.7. The van der Waals surface area contributed by atoms with Crippen LogP contribution in [0.3, 0.4) is 0 Å². The van der Waals surface area contributed by atoms with Gasteiger partial charge in [0.1, 0.15) is 5.82 Å². The van der Waals surface area contributed by atoms with Crippen LogP contribution in [0.2, 0.25) is 0 Å². The molecular weight excluding hydrogens is 406 g/mol. The highest BCUT2D eigenvalue weighted by Gasteiger charge is 2.39. The smallest absolute Gasteiger partial charge is 0.319 e. The van der Waals surface area contributed by atoms with Gasteiger partial charge in [0.2, 0.25) is 0 Å². The Morgan fingerprint density at radius 2 is 1.84 bits per heavy atom. The molecule has 2 aromatic heterocycles. The molecule has 0 spiro atoms. The molecule has 3 fully saturated rings. The van der Waals surface area contributed by atoms with Gasteiger partial charge in [-0.05, 0) is 56.9 Å². The highest BCUT2D eigenvalue weighted by atomic mass is 16.5. The van der Waals surface area contributed by atoms with Crippen molar-refractivity contribution in [2.75, 3.05) is 23.4 Å². The third-order valence-electron chi connectivity index (χ3n) is 6.57. The lowest BCUT2D eigenvalue weighted by Gasteiger charge is -2.36. The molecule has 2 aliphatic heterocycles. The van der Waals surface area contributed by atoms with E-state index >= 15 is 0 Å². The van der Waals surface area contributed by atoms with Crippen LogP contribution in [-0.2, 0) is 11.3 Å². The first-order chi connectivity index (χ1) is 15.7. The van der Waals surface area contributed by atoms with Crippen molar-refractivity contribution in [3.8, 4) is 11.4 Å². The number of hydrogen-bond donors (Lipinski definition) is 2. The van der Waals surface area contributed by atoms with E-state index in [1.165, 1.54) is 0 Å². The summed E-state index contributed by atoms with van der Waals surface area (Å²) in [6.45, 7) is 4.29. The van der Waals surface area contributed by atoms with Gasteiger partial charge in [-0.15, -0.1) is 0 Å². The van der Waals surface area contributed by atoms with Crippen LogP contribution in [0.15, 0.2) is 30.5 Å². The SMILES string of the molecule is CCn1ncc2c(N3C4CCC3COC4)nc(-c3ccc(NC(=O)NC4CC4)cc3)nc21. The summed E-state index contributed by atoms with van der Waals surface area (Å²) in [5.41, 5.74) is 2.51. The predicted octanol–water partition coefficient (Wildman–Crippen LogP) is 3.16. The van der Waals surface area contributed by atoms with Crippen molar-refractivity contribution in [3.05, 3.63) is 30.5 Å². The third kappa shape index (κ3) is 3.46. The molecule has 4 heterocycles. The second-order valence-electron chi connectivity index (χ2n) is 8.85. The summed E-state index contributed by atoms with van der Waals surface area (Å²) < 4.78 is 7.71. The number of urea groups is 1. The molecule has 3 aliphatic rings. The summed E-state index contributed by atoms with van der Waals surface area (Å²) >= 11 is 0. The number of ether oxygens (including phenoxy) is 1. The normalized spacial score (nSPS) is 22.3. The minimum Gasteiger partial charge on any atom is -0.377 e. The fourth-order valence-electron chi connectivity index (χ4n) is 4.75. The number of carbonyl (C=O) groups excluding carboxylic acids is 1. The molecule has 2 atom stereocenters. The molecular formula is C23H27N7O2. The standard InChI is InChI=1S/C23H27N7O2/c1-2-29-21-19(11-24-29)22(30-17-9-10-18(30)13-32-12-17)28-20(27-21)14-3-5-15(6-4-14)25-23(31)26-16-7-8-16/h3-6,11,16-18H,2,7-10,12-13H2,1H3,(H2,25,26,31). The summed E-state index contributed by atoms with van der Waals surface area (Å²) in [4.78, 5) is 24.3. The number of aromatic nitrogens is 4. The molecule has 2 amide bonds. The summed E-state index contributed by atoms with van der Waals surface area (Å²) in [5, 5.41) is 11.4. The van der Waals surface area contributed by atoms with Gasteiger partial charge in [0.15, 0.2) is 11.5 Å². The molecule has 2 N–H and O–H groups in total. The van der Waals surface area contributed by atoms with Crippen LogP contribution in [0, 0.1) is 0 Å². The molecule has 6 rings (SSSR count). The van der Waals surface area contributed by atoms with Gasteiger partial charge in [-0.1, -0.05) is 0 Å². The number of nitrogens with one attached hydrogen (secondary N) is 2. The number of morpholine rings is 1. The van der Waals surface area contributed by atoms with Crippen LogP contribution in [-0.4, -0.2) is 57.1 Å². The first-order valence-corrected chi connectivity index (χ1v) is 11.5. The Hall–Kier alpha value is -3.20. The predicted molar refractivity (Wildman–Crippen MR) is 122 cm³/mol. The molecule has 3 aromatic rings. The van der Waals surface area contributed by atoms with Crippen molar-refractivity contribution in [1.29, 1.82) is 0 Å². The lowest BCUT2D eigenvalue weighted by Crippen LogP contribution is -2.46. The van der Waals surface area contributed by atoms with Gasteiger partial charge in [-0.2, -0.15) is 5.10 Å². The Bertz CT molecular complexity index is 1140. The van der Waals surface area contributed by atoms with Crippen LogP contribution in [0.5, 0.6) is 0 Å². The molecule has 0 radical (unpaired) electrons. The lowest BCUT2D eigenvalue weighted by molar-refractivity contribution is 0.0904. The molecule has 1 saturated carbocycles. The second-order valence-corrected chi connectivity index (χ2v) is 8.85. The van der Waals surface area contributed by atoms with E-state index in [2.05, 4.69) is 27.6 Å². The molecule has 32 heavy (non-hydrogen) atoms. The molecule has 1 aliphatic carbocycles. The van der Waals surface area contributed by atoms with Crippen molar-refractivity contribution < 1.29 is 9.53 Å². The number of carbonyl (C=O) groups is 1. The summed E-state index contributed by atoms with van der Waals surface area (Å²) in [5.74, 6) is 1.62. The van der Waals surface area contributed by atoms with E-state index in [4.69, 9.17) is 14.7 Å². The number of benzene rings is 1. The van der Waals surface area contributed by atoms with Gasteiger partial charge < -0.3 is 20.3 Å². The van der Waals surface area contributed by atoms with E-state index in [0.717, 1.165) is 73.5 Å². The maximum atomic E-state index is 12.0. The Morgan fingerprint density at radius 3 is 2.53 bits per heavy atom. The van der Waals surface area contributed by atoms with Crippen molar-refractivity contribution in [3.63, 3.8) is 0 Å². The van der Waals surface area contributed by atoms with Crippen molar-refractivity contribution >= 4 is 28.6 Å². The van der Waals surface area contributed by atoms with Crippen LogP contribution < -0.4 is 15.5 Å². The first-order valence-electron chi connectivity index (χ1n) is 11.5. The maximum absolute atomic E-state index is 12.0. The van der Waals surface area contributed by atoms with E-state index in [1.807, 2.05) is 35.1 Å². The Morgan fingerprint density at radius 1 is 1.09 bits per heavy atom. The average molecular weight is 434 g/mol. The second kappa shape index (κ2) is 7.74. The highest BCUT2D eigenvalue weighted by Crippen LogP contribution is 2.37. The van der Waals surface area contributed by atoms with E-state index in [1.54, 1.807) is 0 Å². The van der Waals surface area contributed by atoms with E-state index in [-0.39, 0.29) is 6.03 Å². The van der Waals surface area contributed by atoms with Crippen LogP contribution >= 0.6 is 0 Å². The number of fused-ring (bicyclic) bond motifs is 3. The fraction of sp³-hybridized carbons (Fsp3) is 0.478. The minimum atomic E-state index is -0.158. The summed E-state index contributed by atoms with van der Waals surface area (Å²) in [6, 6.07) is 8.56. The lowest BCUT2D eigenvalue weighted by atomic mass is 10.1. The van der Waals surface area contributed by atoms with Gasteiger partial charge in [-0.3, -0.25) is 0 Å². The highest BCUT2D eigenvalue weighted by molar-refractivity contribution is 5.91. The average Bonchev–Trinajstić information content (AvgIpc) is 3.46. The molecule has 2 unspecified atom stereocenters. The van der Waals surface area contributed by atoms with Crippen LogP contribution in [0.25, 0.3) is 22.4 Å². The van der Waals surface area contributed by atoms with Crippen molar-refractivity contribution in [2.45, 2.75) is 57.3 Å². The number of hydrogen-bond acceptors (Lipinski definition) is 6. The molecule has 166 valence electrons. The molecule has 9 nitrogen and oxygen atoms in total. The minimum absolute atomic E-state index is 0.158. The van der Waals surface area contributed by atoms with Crippen LogP contribution in [0.4, 0.5) is 16.3 Å². The maximum Gasteiger partial charge on any atom is 0.319 e. The number of anilines is 2. The first kappa shape index (κ1) is 19.5. The van der Waals surface area contributed by atoms with Crippen molar-refractivity contribution in [1.82, 2.24) is 25.1 Å². The summed E-state index contributed by atoms with van der Waals surface area (Å²) in [7, 11) is 0. The molecule has 1 aromatic carbocycles. The largest absolute Gasteiger partial charge is 0.377 e. The third-order valence-corrected chi connectivity index (χ3v) is 6.57. The fourth-order valence-corrected chi connectivity index (χ4v) is 4.75. The number of rotatable bonds is 5. The number of nitrogens with zero attached hydrogens (tertiary/aromatic N) is 5. The monoisotopic (exact) mass is 433 g/mol. The molecule has 2 bridgehead atoms. The molecule has 9 heteroatoms. The zero-order valence-electron chi connectivity index (χ0n) is 18.1. The van der Waals surface area contributed by atoms with Gasteiger partial charge in [0, 0.05) is 23.8 Å². The summed E-state index contributed by atoms with van der Waals surface area (Å²) in [6.07, 6.45) is 6.26. The Balaban J connectivity index is 1.35.